The number of rotatable bonds is 4. The topological polar surface area (TPSA) is 61.4 Å². The van der Waals surface area contributed by atoms with Gasteiger partial charge in [0.25, 0.3) is 0 Å². The van der Waals surface area contributed by atoms with Crippen molar-refractivity contribution in [3.05, 3.63) is 41.8 Å². The van der Waals surface area contributed by atoms with Crippen molar-refractivity contribution in [3.8, 4) is 11.3 Å². The molecule has 0 saturated carbocycles. The number of hydrogen-bond acceptors (Lipinski definition) is 4. The Morgan fingerprint density at radius 2 is 2.27 bits per heavy atom. The highest BCUT2D eigenvalue weighted by atomic mass is 19.1. The summed E-state index contributed by atoms with van der Waals surface area (Å²) in [5, 5.41) is 16.2. The summed E-state index contributed by atoms with van der Waals surface area (Å²) in [5.41, 5.74) is 2.17. The number of aliphatic hydroxyl groups excluding tert-OH is 1. The average Bonchev–Trinajstić information content (AvgIpc) is 2.98. The highest BCUT2D eigenvalue weighted by Gasteiger charge is 2.26. The first-order chi connectivity index (χ1) is 10.7. The van der Waals surface area contributed by atoms with Gasteiger partial charge in [0, 0.05) is 30.3 Å². The van der Waals surface area contributed by atoms with Crippen molar-refractivity contribution in [1.29, 1.82) is 0 Å². The Bertz CT molecular complexity index is 631. The molecule has 2 N–H and O–H groups in total. The Hall–Kier alpha value is -1.76. The Kier molecular flexibility index (Phi) is 4.52. The number of aliphatic hydroxyl groups is 1. The maximum Gasteiger partial charge on any atom is 0.132 e. The molecule has 6 heteroatoms. The fraction of sp³-hybridized carbons (Fsp3) is 0.438. The highest BCUT2D eigenvalue weighted by Crippen LogP contribution is 2.26. The SMILES string of the molecule is CC1COC(CO)CN1Cc1cn[nH]c1-c1ccccc1F. The minimum Gasteiger partial charge on any atom is -0.394 e. The molecule has 2 atom stereocenters. The van der Waals surface area contributed by atoms with Crippen LogP contribution in [0.3, 0.4) is 0 Å². The van der Waals surface area contributed by atoms with Crippen LogP contribution in [0.25, 0.3) is 11.3 Å². The number of hydrogen-bond donors (Lipinski definition) is 2. The lowest BCUT2D eigenvalue weighted by Gasteiger charge is -2.37. The summed E-state index contributed by atoms with van der Waals surface area (Å²) in [6, 6.07) is 6.91. The molecule has 118 valence electrons. The molecule has 1 aromatic carbocycles. The van der Waals surface area contributed by atoms with Gasteiger partial charge in [0.15, 0.2) is 0 Å². The molecule has 1 fully saturated rings. The summed E-state index contributed by atoms with van der Waals surface area (Å²) in [4.78, 5) is 2.22. The van der Waals surface area contributed by atoms with Crippen LogP contribution < -0.4 is 0 Å². The van der Waals surface area contributed by atoms with Crippen molar-refractivity contribution >= 4 is 0 Å². The van der Waals surface area contributed by atoms with Gasteiger partial charge in [-0.1, -0.05) is 12.1 Å². The second kappa shape index (κ2) is 6.56. The van der Waals surface area contributed by atoms with E-state index in [1.54, 1.807) is 18.3 Å². The fourth-order valence-electron chi connectivity index (χ4n) is 2.75. The van der Waals surface area contributed by atoms with E-state index in [0.717, 1.165) is 5.56 Å². The molecule has 1 aliphatic rings. The Morgan fingerprint density at radius 3 is 3.05 bits per heavy atom. The van der Waals surface area contributed by atoms with Gasteiger partial charge in [-0.15, -0.1) is 0 Å². The van der Waals surface area contributed by atoms with Gasteiger partial charge < -0.3 is 9.84 Å². The van der Waals surface area contributed by atoms with Crippen molar-refractivity contribution in [2.75, 3.05) is 19.8 Å². The third-order valence-corrected chi connectivity index (χ3v) is 4.07. The number of ether oxygens (including phenoxy) is 1. The number of aromatic amines is 1. The minimum absolute atomic E-state index is 0.00871. The van der Waals surface area contributed by atoms with Gasteiger partial charge in [-0.25, -0.2) is 4.39 Å². The van der Waals surface area contributed by atoms with Gasteiger partial charge in [-0.05, 0) is 19.1 Å². The zero-order valence-corrected chi connectivity index (χ0v) is 12.5. The molecular weight excluding hydrogens is 285 g/mol. The molecular formula is C16H20FN3O2. The van der Waals surface area contributed by atoms with Crippen LogP contribution in [-0.2, 0) is 11.3 Å². The van der Waals surface area contributed by atoms with Crippen LogP contribution in [0.1, 0.15) is 12.5 Å². The van der Waals surface area contributed by atoms with Crippen LogP contribution in [0.15, 0.2) is 30.5 Å². The Labute approximate surface area is 128 Å². The van der Waals surface area contributed by atoms with Gasteiger partial charge in [0.2, 0.25) is 0 Å². The fourth-order valence-corrected chi connectivity index (χ4v) is 2.75. The van der Waals surface area contributed by atoms with Crippen molar-refractivity contribution in [1.82, 2.24) is 15.1 Å². The Balaban J connectivity index is 1.82. The summed E-state index contributed by atoms with van der Waals surface area (Å²) in [6.07, 6.45) is 1.57. The monoisotopic (exact) mass is 305 g/mol. The van der Waals surface area contributed by atoms with Crippen LogP contribution in [-0.4, -0.2) is 52.1 Å². The predicted octanol–water partition coefficient (Wildman–Crippen LogP) is 1.80. The van der Waals surface area contributed by atoms with Crippen molar-refractivity contribution < 1.29 is 14.2 Å². The van der Waals surface area contributed by atoms with E-state index in [4.69, 9.17) is 4.74 Å². The van der Waals surface area contributed by atoms with Crippen molar-refractivity contribution in [3.63, 3.8) is 0 Å². The predicted molar refractivity (Wildman–Crippen MR) is 80.7 cm³/mol. The largest absolute Gasteiger partial charge is 0.394 e. The van der Waals surface area contributed by atoms with E-state index in [-0.39, 0.29) is 24.6 Å². The third-order valence-electron chi connectivity index (χ3n) is 4.07. The summed E-state index contributed by atoms with van der Waals surface area (Å²) in [7, 11) is 0. The summed E-state index contributed by atoms with van der Waals surface area (Å²) in [6.45, 7) is 3.96. The molecule has 22 heavy (non-hydrogen) atoms. The van der Waals surface area contributed by atoms with E-state index >= 15 is 0 Å². The third kappa shape index (κ3) is 3.04. The first-order valence-electron chi connectivity index (χ1n) is 7.42. The van der Waals surface area contributed by atoms with Crippen LogP contribution in [0.2, 0.25) is 0 Å². The molecule has 5 nitrogen and oxygen atoms in total. The molecule has 0 bridgehead atoms. The number of benzene rings is 1. The maximum atomic E-state index is 14.0. The maximum absolute atomic E-state index is 14.0. The van der Waals surface area contributed by atoms with E-state index in [0.29, 0.717) is 31.0 Å². The van der Waals surface area contributed by atoms with E-state index in [1.807, 2.05) is 6.07 Å². The molecule has 2 aromatic rings. The molecule has 0 spiro atoms. The lowest BCUT2D eigenvalue weighted by molar-refractivity contribution is -0.0805. The minimum atomic E-state index is -0.267. The lowest BCUT2D eigenvalue weighted by Crippen LogP contribution is -2.48. The van der Waals surface area contributed by atoms with E-state index in [9.17, 15) is 9.50 Å². The molecule has 1 aliphatic heterocycles. The number of nitrogens with one attached hydrogen (secondary N) is 1. The molecule has 2 heterocycles. The highest BCUT2D eigenvalue weighted by molar-refractivity contribution is 5.63. The van der Waals surface area contributed by atoms with Crippen LogP contribution >= 0.6 is 0 Å². The zero-order chi connectivity index (χ0) is 15.5. The number of H-pyrrole nitrogens is 1. The molecule has 3 rings (SSSR count). The summed E-state index contributed by atoms with van der Waals surface area (Å²) in [5.74, 6) is -0.267. The average molecular weight is 305 g/mol. The summed E-state index contributed by atoms with van der Waals surface area (Å²) < 4.78 is 19.5. The Morgan fingerprint density at radius 1 is 1.45 bits per heavy atom. The standard InChI is InChI=1S/C16H20FN3O2/c1-11-10-22-13(9-21)8-20(11)7-12-6-18-19-16(12)14-4-2-3-5-15(14)17/h2-6,11,13,21H,7-10H2,1H3,(H,18,19). The summed E-state index contributed by atoms with van der Waals surface area (Å²) >= 11 is 0. The van der Waals surface area contributed by atoms with Crippen molar-refractivity contribution in [2.24, 2.45) is 0 Å². The second-order valence-electron chi connectivity index (χ2n) is 5.67. The van der Waals surface area contributed by atoms with Gasteiger partial charge in [-0.2, -0.15) is 5.10 Å². The number of aromatic nitrogens is 2. The molecule has 0 amide bonds. The van der Waals surface area contributed by atoms with E-state index in [2.05, 4.69) is 22.0 Å². The number of nitrogens with zero attached hydrogens (tertiary/aromatic N) is 2. The van der Waals surface area contributed by atoms with Gasteiger partial charge in [0.1, 0.15) is 5.82 Å². The van der Waals surface area contributed by atoms with E-state index < -0.39 is 0 Å². The quantitative estimate of drug-likeness (QED) is 0.904. The first kappa shape index (κ1) is 15.1. The molecule has 0 aliphatic carbocycles. The van der Waals surface area contributed by atoms with E-state index in [1.165, 1.54) is 6.07 Å². The molecule has 1 saturated heterocycles. The van der Waals surface area contributed by atoms with Crippen LogP contribution in [0.4, 0.5) is 4.39 Å². The number of morpholine rings is 1. The normalized spacial score (nSPS) is 22.9. The lowest BCUT2D eigenvalue weighted by atomic mass is 10.1. The zero-order valence-electron chi connectivity index (χ0n) is 12.5. The molecule has 1 aromatic heterocycles. The van der Waals surface area contributed by atoms with Gasteiger partial charge >= 0.3 is 0 Å². The number of halogens is 1. The first-order valence-corrected chi connectivity index (χ1v) is 7.42. The van der Waals surface area contributed by atoms with Gasteiger partial charge in [0.05, 0.1) is 31.2 Å². The van der Waals surface area contributed by atoms with Crippen LogP contribution in [0, 0.1) is 5.82 Å². The van der Waals surface area contributed by atoms with Crippen LogP contribution in [0.5, 0.6) is 0 Å². The molecule has 2 unspecified atom stereocenters. The van der Waals surface area contributed by atoms with Crippen molar-refractivity contribution in [2.45, 2.75) is 25.6 Å². The second-order valence-corrected chi connectivity index (χ2v) is 5.67. The molecule has 0 radical (unpaired) electrons. The van der Waals surface area contributed by atoms with Gasteiger partial charge in [-0.3, -0.25) is 10.00 Å². The smallest absolute Gasteiger partial charge is 0.132 e.